The van der Waals surface area contributed by atoms with Gasteiger partial charge in [0, 0.05) is 22.0 Å². The van der Waals surface area contributed by atoms with E-state index in [1.165, 1.54) is 24.1 Å². The van der Waals surface area contributed by atoms with E-state index in [-0.39, 0.29) is 5.91 Å². The number of ether oxygens (including phenoxy) is 1. The van der Waals surface area contributed by atoms with E-state index in [1.54, 1.807) is 11.3 Å². The van der Waals surface area contributed by atoms with Crippen LogP contribution in [-0.4, -0.2) is 11.9 Å². The Hall–Kier alpha value is -1.81. The Balaban J connectivity index is 1.57. The third-order valence-corrected chi connectivity index (χ3v) is 6.19. The van der Waals surface area contributed by atoms with Crippen molar-refractivity contribution in [1.29, 1.82) is 0 Å². The lowest BCUT2D eigenvalue weighted by Gasteiger charge is -2.29. The molecule has 1 saturated carbocycles. The van der Waals surface area contributed by atoms with Gasteiger partial charge in [0.25, 0.3) is 5.91 Å². The van der Waals surface area contributed by atoms with Gasteiger partial charge in [0.15, 0.2) is 0 Å². The van der Waals surface area contributed by atoms with Crippen LogP contribution in [-0.2, 0) is 6.61 Å². The molecule has 1 aromatic carbocycles. The first-order chi connectivity index (χ1) is 11.2. The van der Waals surface area contributed by atoms with Crippen molar-refractivity contribution in [2.45, 2.75) is 45.3 Å². The molecule has 4 heteroatoms. The number of benzene rings is 1. The van der Waals surface area contributed by atoms with Crippen molar-refractivity contribution >= 4 is 17.2 Å². The number of nitrogens with one attached hydrogen (secondary N) is 1. The summed E-state index contributed by atoms with van der Waals surface area (Å²) in [6.45, 7) is 2.80. The highest BCUT2D eigenvalue weighted by atomic mass is 32.1. The predicted octanol–water partition coefficient (Wildman–Crippen LogP) is 4.62. The van der Waals surface area contributed by atoms with E-state index < -0.39 is 0 Å². The van der Waals surface area contributed by atoms with Gasteiger partial charge < -0.3 is 10.1 Å². The van der Waals surface area contributed by atoms with E-state index in [4.69, 9.17) is 4.74 Å². The number of rotatable bonds is 2. The highest BCUT2D eigenvalue weighted by Crippen LogP contribution is 2.42. The summed E-state index contributed by atoms with van der Waals surface area (Å²) in [5.41, 5.74) is 2.22. The second-order valence-corrected chi connectivity index (χ2v) is 7.64. The summed E-state index contributed by atoms with van der Waals surface area (Å²) in [4.78, 5) is 14.6. The molecule has 1 N–H and O–H groups in total. The van der Waals surface area contributed by atoms with Crippen molar-refractivity contribution in [2.24, 2.45) is 5.92 Å². The molecule has 2 aromatic rings. The van der Waals surface area contributed by atoms with Crippen LogP contribution in [0.2, 0.25) is 0 Å². The standard InChI is InChI=1S/C19H21NO2S/c1-12-6-2-4-8-15(12)20-19(21)17-10-13-11-22-16-9-5-3-7-14(16)18(13)23-17/h3,5,7,9-10,12,15H,2,4,6,8,11H2,1H3,(H,20,21)/t12-,15+/m1/s1. The first kappa shape index (κ1) is 14.8. The van der Waals surface area contributed by atoms with Crippen LogP contribution in [0.1, 0.15) is 47.8 Å². The van der Waals surface area contributed by atoms with Gasteiger partial charge in [-0.1, -0.05) is 31.9 Å². The number of carbonyl (C=O) groups is 1. The van der Waals surface area contributed by atoms with Gasteiger partial charge in [-0.2, -0.15) is 0 Å². The van der Waals surface area contributed by atoms with Gasteiger partial charge in [0.2, 0.25) is 0 Å². The molecule has 1 fully saturated rings. The van der Waals surface area contributed by atoms with E-state index >= 15 is 0 Å². The van der Waals surface area contributed by atoms with E-state index in [0.717, 1.165) is 28.2 Å². The average Bonchev–Trinajstić information content (AvgIpc) is 3.02. The highest BCUT2D eigenvalue weighted by Gasteiger charge is 2.26. The summed E-state index contributed by atoms with van der Waals surface area (Å²) in [5, 5.41) is 3.25. The lowest BCUT2D eigenvalue weighted by atomic mass is 9.86. The zero-order valence-electron chi connectivity index (χ0n) is 13.3. The first-order valence-corrected chi connectivity index (χ1v) is 9.20. The molecule has 2 atom stereocenters. The molecule has 1 aromatic heterocycles. The largest absolute Gasteiger partial charge is 0.488 e. The lowest BCUT2D eigenvalue weighted by molar-refractivity contribution is 0.0914. The van der Waals surface area contributed by atoms with Crippen LogP contribution in [0.5, 0.6) is 5.75 Å². The number of fused-ring (bicyclic) bond motifs is 3. The SMILES string of the molecule is C[C@@H]1CCCC[C@@H]1NC(=O)c1cc2c(s1)-c1ccccc1OC2. The van der Waals surface area contributed by atoms with Gasteiger partial charge >= 0.3 is 0 Å². The minimum absolute atomic E-state index is 0.0700. The highest BCUT2D eigenvalue weighted by molar-refractivity contribution is 7.17. The van der Waals surface area contributed by atoms with Crippen LogP contribution in [0.25, 0.3) is 10.4 Å². The summed E-state index contributed by atoms with van der Waals surface area (Å²) in [7, 11) is 0. The Labute approximate surface area is 140 Å². The van der Waals surface area contributed by atoms with E-state index in [1.807, 2.05) is 24.3 Å². The molecule has 2 aliphatic rings. The van der Waals surface area contributed by atoms with Crippen molar-refractivity contribution in [2.75, 3.05) is 0 Å². The number of hydrogen-bond acceptors (Lipinski definition) is 3. The smallest absolute Gasteiger partial charge is 0.261 e. The van der Waals surface area contributed by atoms with Crippen LogP contribution < -0.4 is 10.1 Å². The second kappa shape index (κ2) is 6.00. The molecule has 0 saturated heterocycles. The van der Waals surface area contributed by atoms with Gasteiger partial charge in [-0.25, -0.2) is 0 Å². The first-order valence-electron chi connectivity index (χ1n) is 8.38. The van der Waals surface area contributed by atoms with Crippen molar-refractivity contribution in [3.05, 3.63) is 40.8 Å². The Morgan fingerprint density at radius 1 is 1.26 bits per heavy atom. The average molecular weight is 327 g/mol. The lowest BCUT2D eigenvalue weighted by Crippen LogP contribution is -2.40. The van der Waals surface area contributed by atoms with Crippen molar-refractivity contribution in [3.8, 4) is 16.2 Å². The molecule has 0 unspecified atom stereocenters. The molecular formula is C19H21NO2S. The molecule has 0 radical (unpaired) electrons. The zero-order valence-corrected chi connectivity index (χ0v) is 14.1. The summed E-state index contributed by atoms with van der Waals surface area (Å²) in [6.07, 6.45) is 4.82. The maximum absolute atomic E-state index is 12.6. The summed E-state index contributed by atoms with van der Waals surface area (Å²) >= 11 is 1.58. The Morgan fingerprint density at radius 2 is 2.09 bits per heavy atom. The molecular weight excluding hydrogens is 306 g/mol. The maximum Gasteiger partial charge on any atom is 0.261 e. The number of hydrogen-bond donors (Lipinski definition) is 1. The molecule has 1 aliphatic carbocycles. The predicted molar refractivity (Wildman–Crippen MR) is 93.0 cm³/mol. The quantitative estimate of drug-likeness (QED) is 0.874. The molecule has 3 nitrogen and oxygen atoms in total. The Kier molecular flexibility index (Phi) is 3.85. The van der Waals surface area contributed by atoms with Crippen LogP contribution in [0.4, 0.5) is 0 Å². The molecule has 23 heavy (non-hydrogen) atoms. The van der Waals surface area contributed by atoms with Gasteiger partial charge in [-0.3, -0.25) is 4.79 Å². The van der Waals surface area contributed by atoms with E-state index in [9.17, 15) is 4.79 Å². The van der Waals surface area contributed by atoms with Gasteiger partial charge in [-0.05, 0) is 37.0 Å². The molecule has 4 rings (SSSR count). The topological polar surface area (TPSA) is 38.3 Å². The summed E-state index contributed by atoms with van der Waals surface area (Å²) < 4.78 is 5.78. The van der Waals surface area contributed by atoms with Gasteiger partial charge in [0.05, 0.1) is 4.88 Å². The fraction of sp³-hybridized carbons (Fsp3) is 0.421. The minimum atomic E-state index is 0.0700. The molecule has 120 valence electrons. The fourth-order valence-corrected chi connectivity index (χ4v) is 4.68. The summed E-state index contributed by atoms with van der Waals surface area (Å²) in [6, 6.07) is 10.4. The van der Waals surface area contributed by atoms with E-state index in [2.05, 4.69) is 18.3 Å². The number of para-hydroxylation sites is 1. The second-order valence-electron chi connectivity index (χ2n) is 6.59. The van der Waals surface area contributed by atoms with Crippen LogP contribution >= 0.6 is 11.3 Å². The molecule has 0 bridgehead atoms. The molecule has 1 aliphatic heterocycles. The number of thiophene rings is 1. The third-order valence-electron chi connectivity index (χ3n) is 4.98. The van der Waals surface area contributed by atoms with Crippen LogP contribution in [0.15, 0.2) is 30.3 Å². The normalized spacial score (nSPS) is 22.7. The molecule has 2 heterocycles. The monoisotopic (exact) mass is 327 g/mol. The van der Waals surface area contributed by atoms with Crippen molar-refractivity contribution in [3.63, 3.8) is 0 Å². The molecule has 1 amide bonds. The number of amides is 1. The fourth-order valence-electron chi connectivity index (χ4n) is 3.58. The number of carbonyl (C=O) groups excluding carboxylic acids is 1. The van der Waals surface area contributed by atoms with Crippen LogP contribution in [0, 0.1) is 5.92 Å². The van der Waals surface area contributed by atoms with E-state index in [0.29, 0.717) is 18.6 Å². The van der Waals surface area contributed by atoms with Crippen LogP contribution in [0.3, 0.4) is 0 Å². The van der Waals surface area contributed by atoms with Crippen molar-refractivity contribution < 1.29 is 9.53 Å². The Morgan fingerprint density at radius 3 is 2.96 bits per heavy atom. The zero-order chi connectivity index (χ0) is 15.8. The summed E-state index contributed by atoms with van der Waals surface area (Å²) in [5.74, 6) is 1.56. The maximum atomic E-state index is 12.6. The van der Waals surface area contributed by atoms with Gasteiger partial charge in [0.1, 0.15) is 12.4 Å². The minimum Gasteiger partial charge on any atom is -0.488 e. The van der Waals surface area contributed by atoms with Crippen molar-refractivity contribution in [1.82, 2.24) is 5.32 Å². The van der Waals surface area contributed by atoms with Gasteiger partial charge in [-0.15, -0.1) is 11.3 Å². The third kappa shape index (κ3) is 2.76. The molecule has 0 spiro atoms. The Bertz CT molecular complexity index is 737.